The van der Waals surface area contributed by atoms with Gasteiger partial charge in [-0.1, -0.05) is 12.1 Å². The van der Waals surface area contributed by atoms with E-state index in [0.29, 0.717) is 25.1 Å². The Morgan fingerprint density at radius 2 is 2.08 bits per heavy atom. The Labute approximate surface area is 152 Å². The average molecular weight is 356 g/mol. The molecule has 1 atom stereocenters. The lowest BCUT2D eigenvalue weighted by Crippen LogP contribution is -2.53. The van der Waals surface area contributed by atoms with Gasteiger partial charge >= 0.3 is 0 Å². The molecule has 7 heteroatoms. The summed E-state index contributed by atoms with van der Waals surface area (Å²) < 4.78 is 0. The molecule has 1 aliphatic carbocycles. The number of nitrogens with two attached hydrogens (primary N) is 1. The zero-order valence-electron chi connectivity index (χ0n) is 14.7. The van der Waals surface area contributed by atoms with Crippen molar-refractivity contribution in [1.82, 2.24) is 15.5 Å². The zero-order chi connectivity index (χ0) is 18.3. The van der Waals surface area contributed by atoms with Crippen molar-refractivity contribution in [2.45, 2.75) is 56.8 Å². The van der Waals surface area contributed by atoms with Crippen LogP contribution < -0.4 is 16.4 Å². The molecule has 0 aromatic heterocycles. The summed E-state index contributed by atoms with van der Waals surface area (Å²) >= 11 is 0. The smallest absolute Gasteiger partial charge is 0.255 e. The van der Waals surface area contributed by atoms with Crippen LogP contribution >= 0.6 is 0 Å². The van der Waals surface area contributed by atoms with E-state index in [1.807, 2.05) is 18.2 Å². The minimum absolute atomic E-state index is 0.0907. The van der Waals surface area contributed by atoms with Crippen molar-refractivity contribution < 1.29 is 14.4 Å². The fraction of sp³-hybridized carbons (Fsp3) is 0.526. The molecule has 26 heavy (non-hydrogen) atoms. The first-order valence-electron chi connectivity index (χ1n) is 9.22. The van der Waals surface area contributed by atoms with Crippen LogP contribution in [-0.2, 0) is 22.7 Å². The number of piperidine rings is 1. The number of fused-ring (bicyclic) bond motifs is 1. The summed E-state index contributed by atoms with van der Waals surface area (Å²) in [7, 11) is 0. The Kier molecular flexibility index (Phi) is 4.28. The van der Waals surface area contributed by atoms with Crippen LogP contribution in [0.3, 0.4) is 0 Å². The third-order valence-electron chi connectivity index (χ3n) is 5.82. The molecule has 138 valence electrons. The predicted molar refractivity (Wildman–Crippen MR) is 95.0 cm³/mol. The van der Waals surface area contributed by atoms with E-state index >= 15 is 0 Å². The van der Waals surface area contributed by atoms with Gasteiger partial charge in [0.1, 0.15) is 6.04 Å². The molecule has 4 rings (SSSR count). The predicted octanol–water partition coefficient (Wildman–Crippen LogP) is 0.419. The molecule has 1 saturated heterocycles. The summed E-state index contributed by atoms with van der Waals surface area (Å²) in [5.74, 6) is -0.783. The molecule has 0 radical (unpaired) electrons. The number of carbonyl (C=O) groups is 3. The van der Waals surface area contributed by atoms with Gasteiger partial charge in [-0.3, -0.25) is 19.7 Å². The van der Waals surface area contributed by atoms with Crippen molar-refractivity contribution in [3.05, 3.63) is 34.9 Å². The minimum Gasteiger partial charge on any atom is -0.324 e. The van der Waals surface area contributed by atoms with Gasteiger partial charge in [0, 0.05) is 37.2 Å². The highest BCUT2D eigenvalue weighted by Gasteiger charge is 2.39. The van der Waals surface area contributed by atoms with Gasteiger partial charge in [0.2, 0.25) is 11.8 Å². The molecule has 1 aromatic carbocycles. The lowest BCUT2D eigenvalue weighted by atomic mass is 9.78. The number of rotatable bonds is 5. The summed E-state index contributed by atoms with van der Waals surface area (Å²) in [6.45, 7) is 1.83. The first-order chi connectivity index (χ1) is 12.5. The Morgan fingerprint density at radius 1 is 1.27 bits per heavy atom. The van der Waals surface area contributed by atoms with Crippen LogP contribution in [0.5, 0.6) is 0 Å². The number of nitrogens with one attached hydrogen (secondary N) is 2. The third kappa shape index (κ3) is 3.01. The van der Waals surface area contributed by atoms with Gasteiger partial charge < -0.3 is 16.0 Å². The van der Waals surface area contributed by atoms with Crippen molar-refractivity contribution in [2.24, 2.45) is 5.73 Å². The van der Waals surface area contributed by atoms with Gasteiger partial charge in [-0.25, -0.2) is 0 Å². The van der Waals surface area contributed by atoms with E-state index < -0.39 is 6.04 Å². The van der Waals surface area contributed by atoms with Crippen LogP contribution in [0.15, 0.2) is 18.2 Å². The standard InChI is InChI=1S/C19H24N4O3/c20-19(7-2-8-19)11-21-9-12-3-1-4-13-14(12)10-23(18(13)26)15-5-6-16(24)22-17(15)25/h1,3-4,15,21H,2,5-11,20H2,(H,22,24,25). The van der Waals surface area contributed by atoms with Crippen molar-refractivity contribution >= 4 is 17.7 Å². The number of imide groups is 1. The molecule has 1 unspecified atom stereocenters. The summed E-state index contributed by atoms with van der Waals surface area (Å²) in [5.41, 5.74) is 8.84. The zero-order valence-corrected chi connectivity index (χ0v) is 14.7. The Bertz CT molecular complexity index is 772. The van der Waals surface area contributed by atoms with E-state index in [0.717, 1.165) is 30.5 Å². The number of hydrogen-bond acceptors (Lipinski definition) is 5. The summed E-state index contributed by atoms with van der Waals surface area (Å²) in [6.07, 6.45) is 3.94. The maximum absolute atomic E-state index is 12.8. The first kappa shape index (κ1) is 17.2. The number of nitrogens with zero attached hydrogens (tertiary/aromatic N) is 1. The summed E-state index contributed by atoms with van der Waals surface area (Å²) in [5, 5.41) is 5.75. The Balaban J connectivity index is 1.47. The second kappa shape index (κ2) is 6.48. The Hall–Kier alpha value is -2.25. The largest absolute Gasteiger partial charge is 0.324 e. The highest BCUT2D eigenvalue weighted by atomic mass is 16.2. The SMILES string of the molecule is NC1(CNCc2cccc3c2CN(C2CCC(=O)NC2=O)C3=O)CCC1. The third-order valence-corrected chi connectivity index (χ3v) is 5.82. The minimum atomic E-state index is -0.573. The molecular weight excluding hydrogens is 332 g/mol. The second-order valence-corrected chi connectivity index (χ2v) is 7.66. The Morgan fingerprint density at radius 3 is 2.77 bits per heavy atom. The van der Waals surface area contributed by atoms with Crippen molar-refractivity contribution in [3.8, 4) is 0 Å². The van der Waals surface area contributed by atoms with Crippen molar-refractivity contribution in [2.75, 3.05) is 6.54 Å². The molecule has 2 fully saturated rings. The number of amides is 3. The van der Waals surface area contributed by atoms with Gasteiger partial charge in [-0.05, 0) is 42.9 Å². The van der Waals surface area contributed by atoms with Crippen molar-refractivity contribution in [3.63, 3.8) is 0 Å². The molecule has 2 aliphatic heterocycles. The molecule has 0 bridgehead atoms. The first-order valence-corrected chi connectivity index (χ1v) is 9.22. The number of benzene rings is 1. The molecule has 2 heterocycles. The fourth-order valence-electron chi connectivity index (χ4n) is 4.07. The van der Waals surface area contributed by atoms with Crippen LogP contribution in [0.25, 0.3) is 0 Å². The van der Waals surface area contributed by atoms with Crippen molar-refractivity contribution in [1.29, 1.82) is 0 Å². The molecule has 3 amide bonds. The topological polar surface area (TPSA) is 105 Å². The van der Waals surface area contributed by atoms with E-state index in [1.54, 1.807) is 4.90 Å². The molecule has 1 saturated carbocycles. The molecule has 7 nitrogen and oxygen atoms in total. The lowest BCUT2D eigenvalue weighted by Gasteiger charge is -2.38. The summed E-state index contributed by atoms with van der Waals surface area (Å²) in [6, 6.07) is 5.12. The number of hydrogen-bond donors (Lipinski definition) is 3. The molecular formula is C19H24N4O3. The average Bonchev–Trinajstić information content (AvgIpc) is 2.91. The highest BCUT2D eigenvalue weighted by Crippen LogP contribution is 2.31. The number of carbonyl (C=O) groups excluding carboxylic acids is 3. The van der Waals surface area contributed by atoms with Crippen LogP contribution in [-0.4, -0.2) is 40.7 Å². The van der Waals surface area contributed by atoms with Gasteiger partial charge in [0.05, 0.1) is 0 Å². The van der Waals surface area contributed by atoms with E-state index in [-0.39, 0.29) is 29.7 Å². The molecule has 4 N–H and O–H groups in total. The van der Waals surface area contributed by atoms with Crippen LogP contribution in [0.2, 0.25) is 0 Å². The molecule has 1 aromatic rings. The van der Waals surface area contributed by atoms with Crippen LogP contribution in [0.4, 0.5) is 0 Å². The van der Waals surface area contributed by atoms with Crippen LogP contribution in [0.1, 0.15) is 53.6 Å². The van der Waals surface area contributed by atoms with Gasteiger partial charge in [0.15, 0.2) is 0 Å². The molecule has 3 aliphatic rings. The second-order valence-electron chi connectivity index (χ2n) is 7.66. The maximum Gasteiger partial charge on any atom is 0.255 e. The molecule has 0 spiro atoms. The fourth-order valence-corrected chi connectivity index (χ4v) is 4.07. The monoisotopic (exact) mass is 356 g/mol. The lowest BCUT2D eigenvalue weighted by molar-refractivity contribution is -0.136. The van der Waals surface area contributed by atoms with Crippen LogP contribution in [0, 0.1) is 0 Å². The van der Waals surface area contributed by atoms with Gasteiger partial charge in [-0.2, -0.15) is 0 Å². The summed E-state index contributed by atoms with van der Waals surface area (Å²) in [4.78, 5) is 37.9. The van der Waals surface area contributed by atoms with E-state index in [2.05, 4.69) is 10.6 Å². The van der Waals surface area contributed by atoms with Gasteiger partial charge in [-0.15, -0.1) is 0 Å². The quantitative estimate of drug-likeness (QED) is 0.663. The van der Waals surface area contributed by atoms with E-state index in [4.69, 9.17) is 5.73 Å². The highest BCUT2D eigenvalue weighted by molar-refractivity contribution is 6.05. The van der Waals surface area contributed by atoms with E-state index in [1.165, 1.54) is 6.42 Å². The maximum atomic E-state index is 12.8. The van der Waals surface area contributed by atoms with Gasteiger partial charge in [0.25, 0.3) is 5.91 Å². The normalized spacial score (nSPS) is 24.3. The van der Waals surface area contributed by atoms with E-state index in [9.17, 15) is 14.4 Å².